The van der Waals surface area contributed by atoms with E-state index in [1.165, 1.54) is 12.1 Å². The molecule has 1 saturated heterocycles. The predicted molar refractivity (Wildman–Crippen MR) is 113 cm³/mol. The molecule has 30 heavy (non-hydrogen) atoms. The zero-order chi connectivity index (χ0) is 20.9. The van der Waals surface area contributed by atoms with Crippen molar-refractivity contribution in [2.75, 3.05) is 29.1 Å². The van der Waals surface area contributed by atoms with Gasteiger partial charge in [0.25, 0.3) is 0 Å². The molecule has 0 amide bonds. The lowest BCUT2D eigenvalue weighted by Crippen LogP contribution is -2.30. The zero-order valence-electron chi connectivity index (χ0n) is 16.7. The number of benzene rings is 1. The maximum Gasteiger partial charge on any atom is 0.227 e. The number of nitrogens with one attached hydrogen (secondary N) is 1. The third-order valence-corrected chi connectivity index (χ3v) is 4.96. The average molecular weight is 409 g/mol. The summed E-state index contributed by atoms with van der Waals surface area (Å²) >= 11 is 0. The Morgan fingerprint density at radius 2 is 2.07 bits per heavy atom. The van der Waals surface area contributed by atoms with E-state index in [4.69, 9.17) is 10.5 Å². The lowest BCUT2D eigenvalue weighted by molar-refractivity contribution is 0.117. The largest absolute Gasteiger partial charge is 0.383 e. The molecule has 0 spiro atoms. The van der Waals surface area contributed by atoms with Crippen LogP contribution in [0.4, 0.5) is 27.8 Å². The highest BCUT2D eigenvalue weighted by Gasteiger charge is 2.23. The first-order chi connectivity index (χ1) is 14.6. The van der Waals surface area contributed by atoms with Crippen LogP contribution in [0.15, 0.2) is 48.9 Å². The molecular weight excluding hydrogens is 385 g/mol. The van der Waals surface area contributed by atoms with Crippen LogP contribution in [0.5, 0.6) is 0 Å². The monoisotopic (exact) mass is 409 g/mol. The van der Waals surface area contributed by atoms with Crippen molar-refractivity contribution in [3.05, 3.63) is 60.3 Å². The van der Waals surface area contributed by atoms with Crippen molar-refractivity contribution in [2.24, 2.45) is 0 Å². The van der Waals surface area contributed by atoms with Crippen LogP contribution < -0.4 is 16.0 Å². The van der Waals surface area contributed by atoms with E-state index in [9.17, 15) is 4.39 Å². The summed E-state index contributed by atoms with van der Waals surface area (Å²) in [6.07, 6.45) is 7.04. The summed E-state index contributed by atoms with van der Waals surface area (Å²) < 4.78 is 19.0. The molecule has 3 heterocycles. The quantitative estimate of drug-likeness (QED) is 0.612. The molecule has 0 radical (unpaired) electrons. The van der Waals surface area contributed by atoms with Crippen LogP contribution in [0.3, 0.4) is 0 Å². The summed E-state index contributed by atoms with van der Waals surface area (Å²) in [7, 11) is 0. The first-order valence-corrected chi connectivity index (χ1v) is 9.90. The van der Waals surface area contributed by atoms with Crippen LogP contribution in [-0.4, -0.2) is 39.2 Å². The van der Waals surface area contributed by atoms with Crippen molar-refractivity contribution < 1.29 is 9.13 Å². The smallest absolute Gasteiger partial charge is 0.227 e. The maximum atomic E-state index is 13.2. The predicted octanol–water partition coefficient (Wildman–Crippen LogP) is 3.48. The van der Waals surface area contributed by atoms with E-state index in [2.05, 4.69) is 25.3 Å². The molecular formula is C21H24FN7O. The summed E-state index contributed by atoms with van der Waals surface area (Å²) in [4.78, 5) is 19.5. The fraction of sp³-hybridized carbons (Fsp3) is 0.333. The first kappa shape index (κ1) is 20.0. The highest BCUT2D eigenvalue weighted by atomic mass is 19.1. The Morgan fingerprint density at radius 3 is 2.77 bits per heavy atom. The van der Waals surface area contributed by atoms with Gasteiger partial charge in [0, 0.05) is 25.1 Å². The Morgan fingerprint density at radius 1 is 1.23 bits per heavy atom. The van der Waals surface area contributed by atoms with Crippen molar-refractivity contribution in [1.82, 2.24) is 19.9 Å². The van der Waals surface area contributed by atoms with Gasteiger partial charge in [-0.05, 0) is 37.5 Å². The van der Waals surface area contributed by atoms with Crippen LogP contribution in [0.25, 0.3) is 0 Å². The van der Waals surface area contributed by atoms with E-state index in [1.54, 1.807) is 36.8 Å². The fourth-order valence-corrected chi connectivity index (χ4v) is 3.41. The molecule has 1 unspecified atom stereocenters. The number of nitrogens with zero attached hydrogens (tertiary/aromatic N) is 5. The Balaban J connectivity index is 1.61. The van der Waals surface area contributed by atoms with Crippen molar-refractivity contribution in [3.8, 4) is 0 Å². The highest BCUT2D eigenvalue weighted by molar-refractivity contribution is 5.60. The van der Waals surface area contributed by atoms with Crippen LogP contribution >= 0.6 is 0 Å². The molecule has 1 aliphatic heterocycles. The van der Waals surface area contributed by atoms with E-state index in [0.29, 0.717) is 29.9 Å². The average Bonchev–Trinajstić information content (AvgIpc) is 3.26. The minimum atomic E-state index is -0.276. The van der Waals surface area contributed by atoms with Gasteiger partial charge in [-0.2, -0.15) is 9.97 Å². The normalized spacial score (nSPS) is 16.9. The number of hydrogen-bond donors (Lipinski definition) is 2. The van der Waals surface area contributed by atoms with Crippen LogP contribution in [-0.2, 0) is 4.74 Å². The minimum Gasteiger partial charge on any atom is -0.383 e. The summed E-state index contributed by atoms with van der Waals surface area (Å²) in [6.45, 7) is 3.29. The van der Waals surface area contributed by atoms with Crippen molar-refractivity contribution >= 4 is 23.4 Å². The number of nitrogens with two attached hydrogens (primary N) is 1. The van der Waals surface area contributed by atoms with Gasteiger partial charge in [0.2, 0.25) is 5.95 Å². The Kier molecular flexibility index (Phi) is 5.99. The Hall–Kier alpha value is -3.33. The molecule has 4 rings (SSSR count). The van der Waals surface area contributed by atoms with Crippen molar-refractivity contribution in [1.29, 1.82) is 0 Å². The molecule has 8 nitrogen and oxygen atoms in total. The van der Waals surface area contributed by atoms with E-state index in [1.807, 2.05) is 11.8 Å². The number of halogens is 1. The molecule has 3 N–H and O–H groups in total. The number of hydrogen-bond acceptors (Lipinski definition) is 8. The minimum absolute atomic E-state index is 0.0812. The van der Waals surface area contributed by atoms with E-state index in [0.717, 1.165) is 25.0 Å². The molecule has 0 aliphatic carbocycles. The summed E-state index contributed by atoms with van der Waals surface area (Å²) in [5.74, 6) is 1.69. The molecule has 9 heteroatoms. The van der Waals surface area contributed by atoms with Gasteiger partial charge >= 0.3 is 0 Å². The second-order valence-corrected chi connectivity index (χ2v) is 7.20. The molecule has 2 atom stereocenters. The molecule has 1 fully saturated rings. The number of nitrogen functional groups attached to an aromatic ring is 1. The van der Waals surface area contributed by atoms with Gasteiger partial charge in [-0.25, -0.2) is 9.37 Å². The van der Waals surface area contributed by atoms with Crippen molar-refractivity contribution in [3.63, 3.8) is 0 Å². The molecule has 0 bridgehead atoms. The molecule has 3 aromatic rings. The standard InChI is InChI=1S/C21H24FN7O/c1-14(15-4-6-16(22)7-5-15)26-21-27-18(23)11-19(28-21)29(13-17-3-2-10-30-17)20-12-24-8-9-25-20/h4-9,11-12,14,17H,2-3,10,13H2,1H3,(H3,23,26,27,28)/t14-,17?/m0/s1. The molecule has 156 valence electrons. The van der Waals surface area contributed by atoms with Crippen LogP contribution in [0, 0.1) is 5.82 Å². The molecule has 1 aromatic carbocycles. The lowest BCUT2D eigenvalue weighted by Gasteiger charge is -2.26. The highest BCUT2D eigenvalue weighted by Crippen LogP contribution is 2.27. The number of rotatable bonds is 7. The zero-order valence-corrected chi connectivity index (χ0v) is 16.7. The maximum absolute atomic E-state index is 13.2. The topological polar surface area (TPSA) is 102 Å². The third kappa shape index (κ3) is 4.80. The number of anilines is 4. The Labute approximate surface area is 174 Å². The van der Waals surface area contributed by atoms with E-state index >= 15 is 0 Å². The fourth-order valence-electron chi connectivity index (χ4n) is 3.41. The second-order valence-electron chi connectivity index (χ2n) is 7.20. The summed E-state index contributed by atoms with van der Waals surface area (Å²) in [5, 5.41) is 3.24. The van der Waals surface area contributed by atoms with E-state index < -0.39 is 0 Å². The van der Waals surface area contributed by atoms with Gasteiger partial charge in [-0.1, -0.05) is 12.1 Å². The van der Waals surface area contributed by atoms with E-state index in [-0.39, 0.29) is 18.0 Å². The summed E-state index contributed by atoms with van der Waals surface area (Å²) in [6, 6.07) is 7.88. The SMILES string of the molecule is C[C@H](Nc1nc(N)cc(N(CC2CCCO2)c2cnccn2)n1)c1ccc(F)cc1. The van der Waals surface area contributed by atoms with Crippen LogP contribution in [0.2, 0.25) is 0 Å². The molecule has 0 saturated carbocycles. The van der Waals surface area contributed by atoms with Gasteiger partial charge in [0.1, 0.15) is 17.5 Å². The van der Waals surface area contributed by atoms with Crippen molar-refractivity contribution in [2.45, 2.75) is 31.9 Å². The molecule has 1 aliphatic rings. The summed E-state index contributed by atoms with van der Waals surface area (Å²) in [5.41, 5.74) is 6.99. The first-order valence-electron chi connectivity index (χ1n) is 9.90. The number of aromatic nitrogens is 4. The van der Waals surface area contributed by atoms with Gasteiger partial charge in [-0.15, -0.1) is 0 Å². The van der Waals surface area contributed by atoms with Gasteiger partial charge in [0.05, 0.1) is 24.9 Å². The lowest BCUT2D eigenvalue weighted by atomic mass is 10.1. The van der Waals surface area contributed by atoms with Gasteiger partial charge in [-0.3, -0.25) is 4.98 Å². The third-order valence-electron chi connectivity index (χ3n) is 4.96. The Bertz CT molecular complexity index is 965. The molecule has 2 aromatic heterocycles. The second kappa shape index (κ2) is 9.00. The van der Waals surface area contributed by atoms with Gasteiger partial charge in [0.15, 0.2) is 5.82 Å². The van der Waals surface area contributed by atoms with Crippen LogP contribution in [0.1, 0.15) is 31.4 Å². The van der Waals surface area contributed by atoms with Gasteiger partial charge < -0.3 is 20.7 Å². The number of ether oxygens (including phenoxy) is 1.